The zero-order valence-electron chi connectivity index (χ0n) is 21.9. The highest BCUT2D eigenvalue weighted by Crippen LogP contribution is 2.63. The van der Waals surface area contributed by atoms with Crippen LogP contribution in [0.25, 0.3) is 0 Å². The fourth-order valence-corrected chi connectivity index (χ4v) is 7.79. The van der Waals surface area contributed by atoms with E-state index in [0.717, 1.165) is 18.4 Å². The van der Waals surface area contributed by atoms with Gasteiger partial charge in [-0.15, -0.1) is 0 Å². The maximum Gasteiger partial charge on any atom is 0.330 e. The highest BCUT2D eigenvalue weighted by molar-refractivity contribution is 6.74. The maximum atomic E-state index is 11.7. The number of methoxy groups -OCH3 is 1. The highest BCUT2D eigenvalue weighted by Gasteiger charge is 2.54. The number of carbonyl (C=O) groups is 1. The summed E-state index contributed by atoms with van der Waals surface area (Å²) in [5.74, 6) is 2.51. The minimum Gasteiger partial charge on any atom is -0.466 e. The monoisotopic (exact) mass is 468 g/mol. The molecule has 4 heteroatoms. The van der Waals surface area contributed by atoms with Gasteiger partial charge in [-0.1, -0.05) is 52.0 Å². The van der Waals surface area contributed by atoms with Crippen molar-refractivity contribution in [2.75, 3.05) is 7.11 Å². The Kier molecular flexibility index (Phi) is 6.74. The molecule has 4 rings (SSSR count). The molecule has 0 bridgehead atoms. The van der Waals surface area contributed by atoms with E-state index in [2.05, 4.69) is 65.1 Å². The van der Waals surface area contributed by atoms with Gasteiger partial charge in [0.1, 0.15) is 0 Å². The molecular weight excluding hydrogens is 424 g/mol. The van der Waals surface area contributed by atoms with Crippen molar-refractivity contribution in [2.24, 2.45) is 23.2 Å². The van der Waals surface area contributed by atoms with Gasteiger partial charge in [-0.05, 0) is 102 Å². The lowest BCUT2D eigenvalue weighted by atomic mass is 9.54. The highest BCUT2D eigenvalue weighted by atomic mass is 28.4. The summed E-state index contributed by atoms with van der Waals surface area (Å²) in [5, 5.41) is 0.244. The van der Waals surface area contributed by atoms with Crippen molar-refractivity contribution in [3.8, 4) is 0 Å². The number of rotatable bonds is 5. The molecule has 0 aliphatic heterocycles. The molecule has 0 amide bonds. The number of fused-ring (bicyclic) bond motifs is 5. The molecule has 0 spiro atoms. The molecule has 0 heterocycles. The second kappa shape index (κ2) is 9.00. The third-order valence-corrected chi connectivity index (χ3v) is 14.4. The van der Waals surface area contributed by atoms with E-state index in [1.165, 1.54) is 51.2 Å². The van der Waals surface area contributed by atoms with Crippen molar-refractivity contribution >= 4 is 14.3 Å². The van der Waals surface area contributed by atoms with Crippen LogP contribution in [0.3, 0.4) is 0 Å². The molecule has 0 saturated heterocycles. The van der Waals surface area contributed by atoms with Crippen molar-refractivity contribution in [3.63, 3.8) is 0 Å². The Morgan fingerprint density at radius 1 is 1.18 bits per heavy atom. The summed E-state index contributed by atoms with van der Waals surface area (Å²) in [4.78, 5) is 11.7. The molecule has 1 aromatic rings. The van der Waals surface area contributed by atoms with E-state index in [9.17, 15) is 4.79 Å². The van der Waals surface area contributed by atoms with Crippen LogP contribution in [0.15, 0.2) is 30.4 Å². The van der Waals surface area contributed by atoms with Gasteiger partial charge in [0.25, 0.3) is 0 Å². The van der Waals surface area contributed by atoms with Gasteiger partial charge in [0, 0.05) is 6.08 Å². The van der Waals surface area contributed by atoms with E-state index in [-0.39, 0.29) is 11.0 Å². The van der Waals surface area contributed by atoms with E-state index in [1.807, 2.05) is 0 Å². The van der Waals surface area contributed by atoms with Crippen LogP contribution in [0.4, 0.5) is 0 Å². The van der Waals surface area contributed by atoms with Crippen molar-refractivity contribution in [1.82, 2.24) is 0 Å². The number of hydrogen-bond acceptors (Lipinski definition) is 3. The Morgan fingerprint density at radius 3 is 2.64 bits per heavy atom. The predicted octanol–water partition coefficient (Wildman–Crippen LogP) is 7.41. The van der Waals surface area contributed by atoms with Gasteiger partial charge in [0.15, 0.2) is 8.32 Å². The first kappa shape index (κ1) is 24.7. The molecule has 0 radical (unpaired) electrons. The summed E-state index contributed by atoms with van der Waals surface area (Å²) in [7, 11) is -0.272. The Morgan fingerprint density at radius 2 is 1.94 bits per heavy atom. The van der Waals surface area contributed by atoms with Gasteiger partial charge in [0.05, 0.1) is 13.7 Å². The number of benzene rings is 1. The second-order valence-corrected chi connectivity index (χ2v) is 17.4. The Hall–Kier alpha value is -1.39. The Balaban J connectivity index is 1.48. The Labute approximate surface area is 202 Å². The molecule has 3 aliphatic rings. The maximum absolute atomic E-state index is 11.7. The van der Waals surface area contributed by atoms with Crippen molar-refractivity contribution in [3.05, 3.63) is 47.0 Å². The van der Waals surface area contributed by atoms with E-state index >= 15 is 0 Å². The average molecular weight is 469 g/mol. The topological polar surface area (TPSA) is 35.5 Å². The largest absolute Gasteiger partial charge is 0.466 e. The van der Waals surface area contributed by atoms with Gasteiger partial charge in [-0.3, -0.25) is 0 Å². The Bertz CT molecular complexity index is 912. The number of hydrogen-bond donors (Lipinski definition) is 0. The normalized spacial score (nSPS) is 31.7. The lowest BCUT2D eigenvalue weighted by Gasteiger charge is -2.50. The fourth-order valence-electron chi connectivity index (χ4n) is 6.83. The van der Waals surface area contributed by atoms with Crippen molar-refractivity contribution < 1.29 is 14.0 Å². The summed E-state index contributed by atoms with van der Waals surface area (Å²) in [6, 6.07) is 7.21. The SMILES string of the molecule is COC(=O)C=C[C@H]1CC[C@H]2[C@@H]3CCc4cc(CO[Si](C)(C)C(C)(C)C)ccc4[C@H]3CC[C@]12C. The van der Waals surface area contributed by atoms with Crippen LogP contribution in [-0.2, 0) is 27.0 Å². The fraction of sp³-hybridized carbons (Fsp3) is 0.690. The zero-order chi connectivity index (χ0) is 24.0. The molecule has 33 heavy (non-hydrogen) atoms. The average Bonchev–Trinajstić information content (AvgIpc) is 3.11. The molecule has 2 fully saturated rings. The molecule has 1 aromatic carbocycles. The van der Waals surface area contributed by atoms with Crippen molar-refractivity contribution in [2.45, 2.75) is 96.9 Å². The van der Waals surface area contributed by atoms with E-state index in [1.54, 1.807) is 17.2 Å². The number of esters is 1. The summed E-state index contributed by atoms with van der Waals surface area (Å²) < 4.78 is 11.3. The van der Waals surface area contributed by atoms with Crippen LogP contribution in [0, 0.1) is 23.2 Å². The lowest BCUT2D eigenvalue weighted by Crippen LogP contribution is -2.42. The second-order valence-electron chi connectivity index (χ2n) is 12.6. The van der Waals surface area contributed by atoms with Crippen LogP contribution < -0.4 is 0 Å². The number of ether oxygens (including phenoxy) is 1. The van der Waals surface area contributed by atoms with E-state index < -0.39 is 8.32 Å². The van der Waals surface area contributed by atoms with E-state index in [4.69, 9.17) is 9.16 Å². The first-order valence-corrected chi connectivity index (χ1v) is 15.9. The van der Waals surface area contributed by atoms with Crippen molar-refractivity contribution in [1.29, 1.82) is 0 Å². The molecule has 0 aromatic heterocycles. The summed E-state index contributed by atoms with van der Waals surface area (Å²) in [6.45, 7) is 14.8. The van der Waals surface area contributed by atoms with Crippen LogP contribution >= 0.6 is 0 Å². The van der Waals surface area contributed by atoms with Crippen LogP contribution in [0.2, 0.25) is 18.1 Å². The molecular formula is C29H44O3Si. The smallest absolute Gasteiger partial charge is 0.330 e. The van der Waals surface area contributed by atoms with E-state index in [0.29, 0.717) is 17.3 Å². The van der Waals surface area contributed by atoms with Crippen LogP contribution in [0.1, 0.15) is 82.4 Å². The number of aryl methyl sites for hydroxylation is 1. The molecule has 3 nitrogen and oxygen atoms in total. The van der Waals surface area contributed by atoms with Crippen LogP contribution in [0.5, 0.6) is 0 Å². The van der Waals surface area contributed by atoms with Gasteiger partial charge in [-0.2, -0.15) is 0 Å². The molecule has 0 N–H and O–H groups in total. The first-order chi connectivity index (χ1) is 15.5. The number of carbonyl (C=O) groups excluding carboxylic acids is 1. The predicted molar refractivity (Wildman–Crippen MR) is 138 cm³/mol. The third-order valence-electron chi connectivity index (χ3n) is 9.94. The molecule has 3 aliphatic carbocycles. The lowest BCUT2D eigenvalue weighted by molar-refractivity contribution is -0.134. The standard InChI is InChI=1S/C29H44O3Si/c1-28(2,3)33(6,7)32-19-20-8-12-23-21(18-20)9-13-25-24(23)16-17-29(4)22(10-14-26(25)29)11-15-27(30)31-5/h8,11-12,15,18,22,24-26H,9-10,13-14,16-17,19H2,1-7H3/t22-,24-,25-,26+,29-/m1/s1. The molecule has 2 saturated carbocycles. The van der Waals surface area contributed by atoms with Crippen LogP contribution in [-0.4, -0.2) is 21.4 Å². The summed E-state index contributed by atoms with van der Waals surface area (Å²) in [6.07, 6.45) is 11.3. The first-order valence-electron chi connectivity index (χ1n) is 13.0. The molecule has 0 unspecified atom stereocenters. The summed E-state index contributed by atoms with van der Waals surface area (Å²) in [5.41, 5.74) is 4.83. The molecule has 182 valence electrons. The van der Waals surface area contributed by atoms with Gasteiger partial charge in [-0.25, -0.2) is 4.79 Å². The minimum absolute atomic E-state index is 0.226. The zero-order valence-corrected chi connectivity index (χ0v) is 22.9. The molecule has 5 atom stereocenters. The van der Waals surface area contributed by atoms with Gasteiger partial charge >= 0.3 is 5.97 Å². The number of allylic oxidation sites excluding steroid dienone is 1. The summed E-state index contributed by atoms with van der Waals surface area (Å²) >= 11 is 0. The minimum atomic E-state index is -1.73. The van der Waals surface area contributed by atoms with Gasteiger partial charge < -0.3 is 9.16 Å². The quantitative estimate of drug-likeness (QED) is 0.256. The van der Waals surface area contributed by atoms with Gasteiger partial charge in [0.2, 0.25) is 0 Å². The third kappa shape index (κ3) is 4.62.